The molecule has 0 saturated carbocycles. The topological polar surface area (TPSA) is 101 Å². The molecule has 2 aromatic rings. The Hall–Kier alpha value is -2.22. The molecule has 3 amide bonds. The summed E-state index contributed by atoms with van der Waals surface area (Å²) in [5.74, 6) is -0.614. The SMILES string of the molecule is Cc1ccc2nsnc2c1NC(=O)N1CCC[C@@H](C(N)=O)C1. The van der Waals surface area contributed by atoms with Crippen molar-refractivity contribution in [1.29, 1.82) is 0 Å². The summed E-state index contributed by atoms with van der Waals surface area (Å²) in [6.07, 6.45) is 1.52. The quantitative estimate of drug-likeness (QED) is 0.880. The van der Waals surface area contributed by atoms with Crippen molar-refractivity contribution in [2.45, 2.75) is 19.8 Å². The lowest BCUT2D eigenvalue weighted by Gasteiger charge is -2.31. The van der Waals surface area contributed by atoms with Crippen LogP contribution in [-0.4, -0.2) is 38.7 Å². The van der Waals surface area contributed by atoms with E-state index in [2.05, 4.69) is 14.1 Å². The number of urea groups is 1. The lowest BCUT2D eigenvalue weighted by Crippen LogP contribution is -2.45. The second-order valence-electron chi connectivity index (χ2n) is 5.51. The second kappa shape index (κ2) is 5.88. The van der Waals surface area contributed by atoms with Gasteiger partial charge in [-0.05, 0) is 31.4 Å². The van der Waals surface area contributed by atoms with Gasteiger partial charge in [-0.3, -0.25) is 4.79 Å². The average Bonchev–Trinajstić information content (AvgIpc) is 2.99. The summed E-state index contributed by atoms with van der Waals surface area (Å²) in [5.41, 5.74) is 8.42. The average molecular weight is 319 g/mol. The maximum absolute atomic E-state index is 12.5. The minimum Gasteiger partial charge on any atom is -0.369 e. The number of nitrogens with zero attached hydrogens (tertiary/aromatic N) is 3. The molecular weight excluding hydrogens is 302 g/mol. The van der Waals surface area contributed by atoms with E-state index in [0.29, 0.717) is 24.3 Å². The van der Waals surface area contributed by atoms with Gasteiger partial charge < -0.3 is 16.0 Å². The number of hydrogen-bond donors (Lipinski definition) is 2. The van der Waals surface area contributed by atoms with Crippen molar-refractivity contribution in [3.63, 3.8) is 0 Å². The molecule has 0 unspecified atom stereocenters. The zero-order valence-electron chi connectivity index (χ0n) is 12.2. The molecule has 3 rings (SSSR count). The number of carbonyl (C=O) groups is 2. The first-order valence-corrected chi connectivity index (χ1v) is 7.86. The number of fused-ring (bicyclic) bond motifs is 1. The number of aryl methyl sites for hydroxylation is 1. The number of primary amides is 1. The third kappa shape index (κ3) is 2.74. The highest BCUT2D eigenvalue weighted by Gasteiger charge is 2.27. The van der Waals surface area contributed by atoms with E-state index in [4.69, 9.17) is 5.73 Å². The first kappa shape index (κ1) is 14.7. The van der Waals surface area contributed by atoms with Crippen molar-refractivity contribution in [2.24, 2.45) is 11.7 Å². The fraction of sp³-hybridized carbons (Fsp3) is 0.429. The molecule has 0 bridgehead atoms. The smallest absolute Gasteiger partial charge is 0.321 e. The highest BCUT2D eigenvalue weighted by molar-refractivity contribution is 7.00. The Morgan fingerprint density at radius 3 is 3.00 bits per heavy atom. The van der Waals surface area contributed by atoms with Crippen LogP contribution in [0.15, 0.2) is 12.1 Å². The summed E-state index contributed by atoms with van der Waals surface area (Å²) in [7, 11) is 0. The number of carbonyl (C=O) groups excluding carboxylic acids is 2. The minimum absolute atomic E-state index is 0.227. The molecule has 0 radical (unpaired) electrons. The normalized spacial score (nSPS) is 18.4. The Bertz CT molecular complexity index is 729. The van der Waals surface area contributed by atoms with E-state index in [1.807, 2.05) is 19.1 Å². The molecule has 1 aromatic carbocycles. The molecule has 2 heterocycles. The van der Waals surface area contributed by atoms with Crippen LogP contribution in [0.1, 0.15) is 18.4 Å². The van der Waals surface area contributed by atoms with Gasteiger partial charge in [-0.15, -0.1) is 0 Å². The fourth-order valence-corrected chi connectivity index (χ4v) is 3.23. The van der Waals surface area contributed by atoms with Crippen LogP contribution in [0, 0.1) is 12.8 Å². The number of nitrogens with one attached hydrogen (secondary N) is 1. The number of nitrogens with two attached hydrogens (primary N) is 1. The van der Waals surface area contributed by atoms with Gasteiger partial charge in [-0.1, -0.05) is 6.07 Å². The summed E-state index contributed by atoms with van der Waals surface area (Å²) >= 11 is 1.12. The number of aromatic nitrogens is 2. The lowest BCUT2D eigenvalue weighted by molar-refractivity contribution is -0.123. The van der Waals surface area contributed by atoms with Crippen molar-refractivity contribution >= 4 is 40.4 Å². The molecule has 7 nitrogen and oxygen atoms in total. The molecule has 1 fully saturated rings. The maximum atomic E-state index is 12.5. The zero-order chi connectivity index (χ0) is 15.7. The first-order valence-electron chi connectivity index (χ1n) is 7.13. The van der Waals surface area contributed by atoms with Crippen LogP contribution in [0.25, 0.3) is 11.0 Å². The minimum atomic E-state index is -0.348. The van der Waals surface area contributed by atoms with E-state index in [-0.39, 0.29) is 17.9 Å². The van der Waals surface area contributed by atoms with Crippen LogP contribution in [0.2, 0.25) is 0 Å². The Morgan fingerprint density at radius 1 is 1.41 bits per heavy atom. The molecule has 3 N–H and O–H groups in total. The molecule has 0 aliphatic carbocycles. The van der Waals surface area contributed by atoms with E-state index in [1.165, 1.54) is 0 Å². The maximum Gasteiger partial charge on any atom is 0.321 e. The number of likely N-dealkylation sites (tertiary alicyclic amines) is 1. The zero-order valence-corrected chi connectivity index (χ0v) is 13.0. The summed E-state index contributed by atoms with van der Waals surface area (Å²) < 4.78 is 8.42. The molecule has 1 aromatic heterocycles. The number of rotatable bonds is 2. The summed E-state index contributed by atoms with van der Waals surface area (Å²) in [6, 6.07) is 3.56. The molecule has 1 aliphatic heterocycles. The number of anilines is 1. The molecule has 8 heteroatoms. The summed E-state index contributed by atoms with van der Waals surface area (Å²) in [4.78, 5) is 25.4. The number of benzene rings is 1. The van der Waals surface area contributed by atoms with Crippen molar-refractivity contribution in [3.8, 4) is 0 Å². The molecule has 0 spiro atoms. The van der Waals surface area contributed by atoms with Gasteiger partial charge in [0.25, 0.3) is 0 Å². The van der Waals surface area contributed by atoms with Crippen LogP contribution in [0.4, 0.5) is 10.5 Å². The Morgan fingerprint density at radius 2 is 2.23 bits per heavy atom. The number of piperidine rings is 1. The van der Waals surface area contributed by atoms with Crippen molar-refractivity contribution in [1.82, 2.24) is 13.6 Å². The Kier molecular flexibility index (Phi) is 3.93. The third-order valence-electron chi connectivity index (χ3n) is 3.98. The summed E-state index contributed by atoms with van der Waals surface area (Å²) in [5, 5.41) is 2.91. The monoisotopic (exact) mass is 319 g/mol. The van der Waals surface area contributed by atoms with E-state index in [1.54, 1.807) is 4.90 Å². The van der Waals surface area contributed by atoms with Gasteiger partial charge in [0.05, 0.1) is 23.3 Å². The van der Waals surface area contributed by atoms with Gasteiger partial charge in [0.15, 0.2) is 0 Å². The Labute approximate surface area is 131 Å². The summed E-state index contributed by atoms with van der Waals surface area (Å²) in [6.45, 7) is 2.91. The van der Waals surface area contributed by atoms with Crippen molar-refractivity contribution in [2.75, 3.05) is 18.4 Å². The van der Waals surface area contributed by atoms with E-state index in [0.717, 1.165) is 35.6 Å². The van der Waals surface area contributed by atoms with Crippen molar-refractivity contribution in [3.05, 3.63) is 17.7 Å². The van der Waals surface area contributed by atoms with Gasteiger partial charge >= 0.3 is 6.03 Å². The second-order valence-corrected chi connectivity index (χ2v) is 6.04. The standard InChI is InChI=1S/C14H17N5O2S/c1-8-4-5-10-12(18-22-17-10)11(8)16-14(21)19-6-2-3-9(7-19)13(15)20/h4-5,9H,2-3,6-7H2,1H3,(H2,15,20)(H,16,21)/t9-/m1/s1. The molecule has 1 saturated heterocycles. The number of amides is 3. The van der Waals surface area contributed by atoms with Gasteiger partial charge in [-0.25, -0.2) is 4.79 Å². The van der Waals surface area contributed by atoms with E-state index < -0.39 is 0 Å². The van der Waals surface area contributed by atoms with Crippen LogP contribution >= 0.6 is 11.7 Å². The molecule has 1 aliphatic rings. The number of hydrogen-bond acceptors (Lipinski definition) is 5. The predicted octanol–water partition coefficient (Wildman–Crippen LogP) is 1.73. The molecule has 116 valence electrons. The fourth-order valence-electron chi connectivity index (χ4n) is 2.69. The van der Waals surface area contributed by atoms with Crippen LogP contribution in [0.3, 0.4) is 0 Å². The van der Waals surface area contributed by atoms with E-state index in [9.17, 15) is 9.59 Å². The molecule has 1 atom stereocenters. The van der Waals surface area contributed by atoms with Crippen molar-refractivity contribution < 1.29 is 9.59 Å². The molecular formula is C14H17N5O2S. The van der Waals surface area contributed by atoms with Crippen LogP contribution in [0.5, 0.6) is 0 Å². The van der Waals surface area contributed by atoms with Gasteiger partial charge in [0.2, 0.25) is 5.91 Å². The van der Waals surface area contributed by atoms with Crippen LogP contribution in [-0.2, 0) is 4.79 Å². The first-order chi connectivity index (χ1) is 10.6. The van der Waals surface area contributed by atoms with Gasteiger partial charge in [0, 0.05) is 13.1 Å². The largest absolute Gasteiger partial charge is 0.369 e. The molecule has 22 heavy (non-hydrogen) atoms. The third-order valence-corrected chi connectivity index (χ3v) is 4.52. The van der Waals surface area contributed by atoms with E-state index >= 15 is 0 Å². The van der Waals surface area contributed by atoms with Crippen LogP contribution < -0.4 is 11.1 Å². The highest BCUT2D eigenvalue weighted by Crippen LogP contribution is 2.26. The van der Waals surface area contributed by atoms with Gasteiger partial charge in [-0.2, -0.15) is 8.75 Å². The predicted molar refractivity (Wildman–Crippen MR) is 84.7 cm³/mol. The Balaban J connectivity index is 1.79. The highest BCUT2D eigenvalue weighted by atomic mass is 32.1. The lowest BCUT2D eigenvalue weighted by atomic mass is 9.98. The van der Waals surface area contributed by atoms with Gasteiger partial charge in [0.1, 0.15) is 11.0 Å².